The number of carbonyl (C=O) groups excluding carboxylic acids is 1. The van der Waals surface area contributed by atoms with Gasteiger partial charge in [0, 0.05) is 13.1 Å². The first-order chi connectivity index (χ1) is 13.5. The number of Topliss-reactive ketones (excluding diaryl/α,β-unsaturated/α-hetero) is 1. The van der Waals surface area contributed by atoms with Crippen LogP contribution in [0, 0.1) is 0 Å². The molecule has 1 atom stereocenters. The van der Waals surface area contributed by atoms with Gasteiger partial charge in [-0.05, 0) is 0 Å². The van der Waals surface area contributed by atoms with Gasteiger partial charge in [-0.3, -0.25) is 9.53 Å². The fourth-order valence-corrected chi connectivity index (χ4v) is 2.14. The highest BCUT2D eigenvalue weighted by atomic mass is 19.4. The van der Waals surface area contributed by atoms with Gasteiger partial charge in [-0.25, -0.2) is 9.29 Å². The molecule has 0 saturated carbocycles. The molecule has 0 aromatic rings. The molecule has 4 nitrogen and oxygen atoms in total. The fraction of sp³-hybridized carbons (Fsp3) is 0.917. The number of alkyl halides is 15. The van der Waals surface area contributed by atoms with E-state index in [9.17, 15) is 70.7 Å². The summed E-state index contributed by atoms with van der Waals surface area (Å²) in [4.78, 5) is 10.4. The van der Waals surface area contributed by atoms with Gasteiger partial charge >= 0.3 is 42.2 Å². The van der Waals surface area contributed by atoms with Crippen molar-refractivity contribution in [1.82, 2.24) is 4.90 Å². The minimum absolute atomic E-state index is 0.714. The van der Waals surface area contributed by atoms with Gasteiger partial charge in [0.25, 0.3) is 5.78 Å². The molecule has 0 amide bonds. The number of rotatable bonds is 6. The predicted octanol–water partition coefficient (Wildman–Crippen LogP) is 4.15. The third-order valence-electron chi connectivity index (χ3n) is 3.78. The lowest BCUT2D eigenvalue weighted by molar-refractivity contribution is -0.462. The maximum absolute atomic E-state index is 14.0. The van der Waals surface area contributed by atoms with Crippen molar-refractivity contribution in [2.24, 2.45) is 0 Å². The molecule has 0 radical (unpaired) electrons. The van der Waals surface area contributed by atoms with Crippen LogP contribution in [0.25, 0.3) is 0 Å². The first-order valence-electron chi connectivity index (χ1n) is 7.38. The standard InChI is InChI=1S/C12H8F15NO3/c13-6(8(15,16)17,9(18,19)20)5(29)7(14,10(21,22)23)31-12(26,27)11(24,25)28-1-3-30-4-2-28/h1-4H2. The number of carbonyl (C=O) groups is 1. The van der Waals surface area contributed by atoms with E-state index in [0.29, 0.717) is 0 Å². The Morgan fingerprint density at radius 3 is 1.39 bits per heavy atom. The molecule has 0 aromatic heterocycles. The molecular weight excluding hydrogens is 491 g/mol. The zero-order chi connectivity index (χ0) is 24.9. The lowest BCUT2D eigenvalue weighted by atomic mass is 9.92. The Labute approximate surface area is 160 Å². The SMILES string of the molecule is O=C(C(F)(OC(F)(F)C(F)(F)N1CCOCC1)C(F)(F)F)C(F)(C(F)(F)F)C(F)(F)F. The average Bonchev–Trinajstić information content (AvgIpc) is 2.57. The summed E-state index contributed by atoms with van der Waals surface area (Å²) in [6, 6.07) is -6.02. The van der Waals surface area contributed by atoms with Crippen molar-refractivity contribution >= 4 is 5.78 Å². The minimum atomic E-state index is -7.76. The van der Waals surface area contributed by atoms with Crippen LogP contribution in [-0.2, 0) is 14.3 Å². The van der Waals surface area contributed by atoms with E-state index in [0.717, 1.165) is 0 Å². The molecule has 19 heteroatoms. The van der Waals surface area contributed by atoms with E-state index in [1.54, 1.807) is 0 Å². The molecule has 0 aromatic carbocycles. The first kappa shape index (κ1) is 27.5. The van der Waals surface area contributed by atoms with Gasteiger partial charge in [0.05, 0.1) is 13.2 Å². The summed E-state index contributed by atoms with van der Waals surface area (Å²) in [6.07, 6.45) is -29.8. The monoisotopic (exact) mass is 499 g/mol. The number of ketones is 1. The number of ether oxygens (including phenoxy) is 2. The highest BCUT2D eigenvalue weighted by Crippen LogP contribution is 2.54. The quantitative estimate of drug-likeness (QED) is 0.407. The van der Waals surface area contributed by atoms with E-state index < -0.39 is 79.2 Å². The van der Waals surface area contributed by atoms with Crippen molar-refractivity contribution in [3.8, 4) is 0 Å². The smallest absolute Gasteiger partial charge is 0.379 e. The van der Waals surface area contributed by atoms with Gasteiger partial charge in [-0.15, -0.1) is 0 Å². The Hall–Kier alpha value is -1.50. The van der Waals surface area contributed by atoms with Crippen molar-refractivity contribution < 1.29 is 80.1 Å². The second kappa shape index (κ2) is 7.82. The van der Waals surface area contributed by atoms with E-state index in [1.807, 2.05) is 4.74 Å². The van der Waals surface area contributed by atoms with E-state index in [2.05, 4.69) is 4.74 Å². The summed E-state index contributed by atoms with van der Waals surface area (Å²) in [5, 5.41) is 0. The molecule has 1 heterocycles. The number of nitrogens with zero attached hydrogens (tertiary/aromatic N) is 1. The molecule has 184 valence electrons. The van der Waals surface area contributed by atoms with Crippen LogP contribution in [0.1, 0.15) is 0 Å². The number of hydrogen-bond donors (Lipinski definition) is 0. The van der Waals surface area contributed by atoms with Crippen molar-refractivity contribution in [2.75, 3.05) is 26.3 Å². The van der Waals surface area contributed by atoms with Gasteiger partial charge < -0.3 is 4.74 Å². The van der Waals surface area contributed by atoms with Crippen molar-refractivity contribution in [1.29, 1.82) is 0 Å². The first-order valence-corrected chi connectivity index (χ1v) is 7.38. The van der Waals surface area contributed by atoms with Crippen LogP contribution in [-0.4, -0.2) is 79.2 Å². The van der Waals surface area contributed by atoms with Gasteiger partial charge in [-0.2, -0.15) is 61.5 Å². The summed E-state index contributed by atoms with van der Waals surface area (Å²) in [5.74, 6) is -12.8. The lowest BCUT2D eigenvalue weighted by Gasteiger charge is -2.41. The van der Waals surface area contributed by atoms with Crippen LogP contribution in [0.4, 0.5) is 65.9 Å². The van der Waals surface area contributed by atoms with E-state index in [1.165, 1.54) is 0 Å². The molecule has 0 aliphatic carbocycles. The number of morpholine rings is 1. The van der Waals surface area contributed by atoms with Gasteiger partial charge in [0.1, 0.15) is 0 Å². The molecule has 0 spiro atoms. The molecule has 0 N–H and O–H groups in total. The lowest BCUT2D eigenvalue weighted by Crippen LogP contribution is -2.70. The fourth-order valence-electron chi connectivity index (χ4n) is 2.14. The Balaban J connectivity index is 3.57. The Kier molecular flexibility index (Phi) is 6.95. The Morgan fingerprint density at radius 2 is 1.06 bits per heavy atom. The van der Waals surface area contributed by atoms with Crippen LogP contribution < -0.4 is 0 Å². The topological polar surface area (TPSA) is 38.8 Å². The molecule has 1 aliphatic heterocycles. The van der Waals surface area contributed by atoms with Gasteiger partial charge in [0.2, 0.25) is 0 Å². The highest BCUT2D eigenvalue weighted by molar-refractivity contribution is 5.96. The van der Waals surface area contributed by atoms with Crippen LogP contribution >= 0.6 is 0 Å². The molecule has 1 aliphatic rings. The summed E-state index contributed by atoms with van der Waals surface area (Å²) in [5.41, 5.74) is -7.76. The zero-order valence-electron chi connectivity index (χ0n) is 14.2. The average molecular weight is 499 g/mol. The summed E-state index contributed by atoms with van der Waals surface area (Å²) in [6.45, 7) is -3.88. The molecular formula is C12H8F15NO3. The molecule has 1 unspecified atom stereocenters. The summed E-state index contributed by atoms with van der Waals surface area (Å²) < 4.78 is 202. The summed E-state index contributed by atoms with van der Waals surface area (Å²) >= 11 is 0. The summed E-state index contributed by atoms with van der Waals surface area (Å²) in [7, 11) is 0. The maximum Gasteiger partial charge on any atom is 0.456 e. The Bertz CT molecular complexity index is 650. The second-order valence-electron chi connectivity index (χ2n) is 5.84. The molecule has 31 heavy (non-hydrogen) atoms. The molecule has 1 rings (SSSR count). The number of halogens is 15. The number of hydrogen-bond acceptors (Lipinski definition) is 4. The van der Waals surface area contributed by atoms with E-state index in [-0.39, 0.29) is 0 Å². The maximum atomic E-state index is 14.0. The van der Waals surface area contributed by atoms with Crippen LogP contribution in [0.2, 0.25) is 0 Å². The largest absolute Gasteiger partial charge is 0.456 e. The van der Waals surface area contributed by atoms with Gasteiger partial charge in [-0.1, -0.05) is 0 Å². The Morgan fingerprint density at radius 1 is 0.677 bits per heavy atom. The van der Waals surface area contributed by atoms with Crippen LogP contribution in [0.5, 0.6) is 0 Å². The van der Waals surface area contributed by atoms with Crippen molar-refractivity contribution in [3.05, 3.63) is 0 Å². The third-order valence-corrected chi connectivity index (χ3v) is 3.78. The van der Waals surface area contributed by atoms with Crippen molar-refractivity contribution in [2.45, 2.75) is 42.2 Å². The normalized spacial score (nSPS) is 20.5. The van der Waals surface area contributed by atoms with Gasteiger partial charge in [0.15, 0.2) is 0 Å². The van der Waals surface area contributed by atoms with Crippen LogP contribution in [0.3, 0.4) is 0 Å². The van der Waals surface area contributed by atoms with Crippen molar-refractivity contribution in [3.63, 3.8) is 0 Å². The zero-order valence-corrected chi connectivity index (χ0v) is 14.2. The molecule has 0 bridgehead atoms. The minimum Gasteiger partial charge on any atom is -0.379 e. The van der Waals surface area contributed by atoms with Crippen LogP contribution in [0.15, 0.2) is 0 Å². The second-order valence-corrected chi connectivity index (χ2v) is 5.84. The third kappa shape index (κ3) is 4.53. The molecule has 1 fully saturated rings. The molecule has 1 saturated heterocycles. The highest BCUT2D eigenvalue weighted by Gasteiger charge is 2.86. The van der Waals surface area contributed by atoms with E-state index in [4.69, 9.17) is 0 Å². The van der Waals surface area contributed by atoms with E-state index >= 15 is 0 Å². The predicted molar refractivity (Wildman–Crippen MR) is 64.2 cm³/mol.